The molecule has 5 aliphatic rings. The first-order chi connectivity index (χ1) is 24.9. The van der Waals surface area contributed by atoms with Gasteiger partial charge in [-0.25, -0.2) is 0 Å². The van der Waals surface area contributed by atoms with Gasteiger partial charge < -0.3 is 43.0 Å². The summed E-state index contributed by atoms with van der Waals surface area (Å²) in [7, 11) is 3.13. The summed E-state index contributed by atoms with van der Waals surface area (Å²) < 4.78 is 49.6. The maximum atomic E-state index is 14.4. The van der Waals surface area contributed by atoms with Crippen LogP contribution in [0.5, 0.6) is 5.75 Å². The normalized spacial score (nSPS) is 29.3. The van der Waals surface area contributed by atoms with Crippen molar-refractivity contribution in [3.8, 4) is 5.75 Å². The molecule has 6 atom stereocenters. The van der Waals surface area contributed by atoms with Crippen LogP contribution in [0.1, 0.15) is 58.6 Å². The molecule has 2 spiro atoms. The number of fused-ring (bicyclic) bond motifs is 6. The maximum Gasteiger partial charge on any atom is 0.308 e. The first-order valence-electron chi connectivity index (χ1n) is 17.0. The number of aliphatic hydroxyl groups excluding tert-OH is 1. The van der Waals surface area contributed by atoms with Crippen LogP contribution in [0.2, 0.25) is 0 Å². The summed E-state index contributed by atoms with van der Waals surface area (Å²) in [6, 6.07) is 3.61. The Hall–Kier alpha value is -4.52. The van der Waals surface area contributed by atoms with E-state index in [9.17, 15) is 33.9 Å². The molecule has 2 fully saturated rings. The topological polar surface area (TPSA) is 212 Å². The van der Waals surface area contributed by atoms with Crippen LogP contribution in [0, 0.1) is 11.8 Å². The van der Waals surface area contributed by atoms with E-state index in [1.807, 2.05) is 0 Å². The summed E-state index contributed by atoms with van der Waals surface area (Å²) >= 11 is 0. The van der Waals surface area contributed by atoms with E-state index in [2.05, 4.69) is 5.32 Å². The molecular formula is C36H42N2O15. The zero-order valence-corrected chi connectivity index (χ0v) is 30.6. The smallest absolute Gasteiger partial charge is 0.308 e. The van der Waals surface area contributed by atoms with Crippen LogP contribution in [0.15, 0.2) is 40.9 Å². The van der Waals surface area contributed by atoms with Gasteiger partial charge in [0.1, 0.15) is 17.1 Å². The third kappa shape index (κ3) is 5.68. The molecule has 1 aromatic rings. The Morgan fingerprint density at radius 3 is 1.94 bits per heavy atom. The maximum absolute atomic E-state index is 14.4. The lowest BCUT2D eigenvalue weighted by atomic mass is 9.52. The summed E-state index contributed by atoms with van der Waals surface area (Å²) in [4.78, 5) is 80.5. The number of esters is 4. The van der Waals surface area contributed by atoms with E-state index in [0.717, 1.165) is 27.7 Å². The van der Waals surface area contributed by atoms with Crippen molar-refractivity contribution in [2.24, 2.45) is 11.8 Å². The van der Waals surface area contributed by atoms with Gasteiger partial charge in [-0.05, 0) is 31.6 Å². The fourth-order valence-electron chi connectivity index (χ4n) is 8.81. The number of hydrogen-bond donors (Lipinski definition) is 2. The third-order valence-corrected chi connectivity index (χ3v) is 10.1. The van der Waals surface area contributed by atoms with Gasteiger partial charge in [-0.1, -0.05) is 19.1 Å². The standard InChI is InChI=1S/C36H42N2O15/c1-16-22-10-9-11-23(50-18(3)40)25(22)35(46-12-13-47-35)26-24(16)30(44)27-29(38(7)8)31(51-19(4)41)28(33(45)37-17(2)39)36(48-14-15-49-36)34(27,53-21(6)43)32(26)52-20(5)42/h9-11,16,24,27,29-30,44H,12-15H2,1-8H3,(H,37,39,45)/t16-,24+,27+,29-,30-,34-/m0/s1. The Balaban J connectivity index is 1.86. The number of benzene rings is 1. The minimum atomic E-state index is -2.65. The molecule has 53 heavy (non-hydrogen) atoms. The first kappa shape index (κ1) is 38.2. The first-order valence-corrected chi connectivity index (χ1v) is 17.0. The molecular weight excluding hydrogens is 700 g/mol. The molecule has 2 amide bonds. The van der Waals surface area contributed by atoms with Gasteiger partial charge in [0, 0.05) is 46.1 Å². The summed E-state index contributed by atoms with van der Waals surface area (Å²) in [5.41, 5.74) is -2.47. The van der Waals surface area contributed by atoms with Gasteiger partial charge in [0.2, 0.25) is 17.3 Å². The molecule has 0 bridgehead atoms. The van der Waals surface area contributed by atoms with Gasteiger partial charge >= 0.3 is 23.9 Å². The van der Waals surface area contributed by atoms with Crippen molar-refractivity contribution in [1.29, 1.82) is 0 Å². The summed E-state index contributed by atoms with van der Waals surface area (Å²) in [6.07, 6.45) is -1.64. The van der Waals surface area contributed by atoms with E-state index in [-0.39, 0.29) is 49.1 Å². The van der Waals surface area contributed by atoms with E-state index >= 15 is 0 Å². The fraction of sp³-hybridized carbons (Fsp3) is 0.556. The number of nitrogens with one attached hydrogen (secondary N) is 1. The average molecular weight is 743 g/mol. The van der Waals surface area contributed by atoms with Crippen LogP contribution in [-0.2, 0) is 67.7 Å². The van der Waals surface area contributed by atoms with E-state index in [0.29, 0.717) is 5.56 Å². The molecule has 0 unspecified atom stereocenters. The Morgan fingerprint density at radius 2 is 1.42 bits per heavy atom. The number of carbonyl (C=O) groups excluding carboxylic acids is 6. The number of amides is 2. The SMILES string of the molecule is CC(=O)NC(=O)C1=C(OC(C)=O)[C@@H](N(C)C)[C@@H]2[C@@H](O)[C@H]3C(=C(OC(C)=O)[C@]2(OC(C)=O)C12OCCO2)C1(OCCO1)c1c(OC(C)=O)cccc1[C@@H]3C. The molecule has 17 heteroatoms. The molecule has 0 radical (unpaired) electrons. The van der Waals surface area contributed by atoms with Crippen LogP contribution in [-0.4, -0.2) is 110 Å². The highest BCUT2D eigenvalue weighted by Crippen LogP contribution is 2.67. The molecule has 6 rings (SSSR count). The second-order valence-corrected chi connectivity index (χ2v) is 13.7. The van der Waals surface area contributed by atoms with Crippen molar-refractivity contribution >= 4 is 35.7 Å². The molecule has 0 saturated carbocycles. The molecule has 286 valence electrons. The van der Waals surface area contributed by atoms with Crippen molar-refractivity contribution in [2.45, 2.75) is 76.8 Å². The Morgan fingerprint density at radius 1 is 0.830 bits per heavy atom. The molecule has 2 saturated heterocycles. The Kier molecular flexibility index (Phi) is 9.89. The monoisotopic (exact) mass is 742 g/mol. The van der Waals surface area contributed by atoms with E-state index < -0.39 is 94.1 Å². The van der Waals surface area contributed by atoms with Crippen LogP contribution >= 0.6 is 0 Å². The zero-order chi connectivity index (χ0) is 38.8. The largest absolute Gasteiger partial charge is 0.444 e. The lowest BCUT2D eigenvalue weighted by Crippen LogP contribution is -2.77. The van der Waals surface area contributed by atoms with Gasteiger partial charge in [-0.15, -0.1) is 0 Å². The van der Waals surface area contributed by atoms with Crippen molar-refractivity contribution in [2.75, 3.05) is 40.5 Å². The Bertz CT molecular complexity index is 1840. The number of carbonyl (C=O) groups is 6. The van der Waals surface area contributed by atoms with Crippen LogP contribution in [0.4, 0.5) is 0 Å². The number of aliphatic hydroxyl groups is 1. The lowest BCUT2D eigenvalue weighted by Gasteiger charge is -2.62. The second kappa shape index (κ2) is 13.7. The Labute approximate surface area is 304 Å². The number of rotatable bonds is 6. The predicted octanol–water partition coefficient (Wildman–Crippen LogP) is 0.821. The molecule has 2 heterocycles. The van der Waals surface area contributed by atoms with Crippen molar-refractivity contribution in [3.63, 3.8) is 0 Å². The van der Waals surface area contributed by atoms with E-state index in [1.165, 1.54) is 17.9 Å². The van der Waals surface area contributed by atoms with Crippen LogP contribution in [0.3, 0.4) is 0 Å². The van der Waals surface area contributed by atoms with Gasteiger partial charge in [-0.3, -0.25) is 39.0 Å². The highest BCUT2D eigenvalue weighted by molar-refractivity contribution is 6.06. The minimum Gasteiger partial charge on any atom is -0.444 e. The molecule has 3 aliphatic carbocycles. The quantitative estimate of drug-likeness (QED) is 0.235. The lowest BCUT2D eigenvalue weighted by molar-refractivity contribution is -0.302. The van der Waals surface area contributed by atoms with Gasteiger partial charge in [-0.2, -0.15) is 0 Å². The van der Waals surface area contributed by atoms with Crippen LogP contribution in [0.25, 0.3) is 0 Å². The van der Waals surface area contributed by atoms with Gasteiger partial charge in [0.15, 0.2) is 5.76 Å². The number of nitrogens with zero attached hydrogens (tertiary/aromatic N) is 1. The number of likely N-dealkylation sites (N-methyl/N-ethyl adjacent to an activating group) is 1. The minimum absolute atomic E-state index is 0.0207. The molecule has 1 aromatic carbocycles. The average Bonchev–Trinajstić information content (AvgIpc) is 3.72. The summed E-state index contributed by atoms with van der Waals surface area (Å²) in [5, 5.41) is 15.2. The predicted molar refractivity (Wildman–Crippen MR) is 176 cm³/mol. The molecule has 2 N–H and O–H groups in total. The number of ether oxygens (including phenoxy) is 8. The highest BCUT2D eigenvalue weighted by Gasteiger charge is 2.80. The fourth-order valence-corrected chi connectivity index (χ4v) is 8.81. The van der Waals surface area contributed by atoms with Crippen molar-refractivity contribution in [1.82, 2.24) is 10.2 Å². The van der Waals surface area contributed by atoms with Gasteiger partial charge in [0.05, 0.1) is 50.1 Å². The van der Waals surface area contributed by atoms with Crippen LogP contribution < -0.4 is 10.1 Å². The molecule has 17 nitrogen and oxygen atoms in total. The molecule has 2 aliphatic heterocycles. The molecule has 0 aromatic heterocycles. The summed E-state index contributed by atoms with van der Waals surface area (Å²) in [6.45, 7) is 6.79. The van der Waals surface area contributed by atoms with Crippen molar-refractivity contribution in [3.05, 3.63) is 52.0 Å². The highest BCUT2D eigenvalue weighted by atomic mass is 16.8. The van der Waals surface area contributed by atoms with E-state index in [4.69, 9.17) is 37.9 Å². The number of imide groups is 1. The van der Waals surface area contributed by atoms with E-state index in [1.54, 1.807) is 33.2 Å². The second-order valence-electron chi connectivity index (χ2n) is 13.7. The zero-order valence-electron chi connectivity index (χ0n) is 30.6. The third-order valence-electron chi connectivity index (χ3n) is 10.1. The summed E-state index contributed by atoms with van der Waals surface area (Å²) in [5.74, 6) is -14.2. The van der Waals surface area contributed by atoms with Gasteiger partial charge in [0.25, 0.3) is 11.7 Å². The van der Waals surface area contributed by atoms with Crippen molar-refractivity contribution < 1.29 is 71.8 Å². The number of hydrogen-bond acceptors (Lipinski definition) is 16.